The van der Waals surface area contributed by atoms with Gasteiger partial charge in [-0.2, -0.15) is 0 Å². The maximum absolute atomic E-state index is 9.99. The van der Waals surface area contributed by atoms with Gasteiger partial charge in [0.05, 0.1) is 0 Å². The Morgan fingerprint density at radius 3 is 2.44 bits per heavy atom. The highest BCUT2D eigenvalue weighted by Gasteiger charge is 2.25. The molecule has 0 saturated heterocycles. The Morgan fingerprint density at radius 1 is 1.25 bits per heavy atom. The minimum atomic E-state index is -1.22. The van der Waals surface area contributed by atoms with Crippen LogP contribution in [0, 0.1) is 0 Å². The highest BCUT2D eigenvalue weighted by molar-refractivity contribution is 5.14. The molecule has 0 amide bonds. The summed E-state index contributed by atoms with van der Waals surface area (Å²) in [4.78, 5) is 0. The zero-order valence-corrected chi connectivity index (χ0v) is 9.89. The fourth-order valence-electron chi connectivity index (χ4n) is 1.42. The molecule has 92 valence electrons. The second kappa shape index (κ2) is 6.81. The van der Waals surface area contributed by atoms with Crippen LogP contribution in [0.1, 0.15) is 20.3 Å². The third-order valence-electron chi connectivity index (χ3n) is 2.19. The van der Waals surface area contributed by atoms with Crippen LogP contribution in [0.3, 0.4) is 0 Å². The van der Waals surface area contributed by atoms with Crippen molar-refractivity contribution >= 4 is 0 Å². The zero-order valence-electron chi connectivity index (χ0n) is 9.89. The predicted molar refractivity (Wildman–Crippen MR) is 60.8 cm³/mol. The van der Waals surface area contributed by atoms with E-state index in [0.29, 0.717) is 19.6 Å². The van der Waals surface area contributed by atoms with E-state index < -0.39 is 12.1 Å². The average molecular weight is 228 g/mol. The fourth-order valence-corrected chi connectivity index (χ4v) is 1.42. The standard InChI is InChI=1S/C12H20O4/c1-3-14-11(15-4-2)10-16-12(13)8-6-5-7-9-12/h5-8,11,13H,3-4,9-10H2,1-2H3. The number of hydrogen-bond donors (Lipinski definition) is 1. The summed E-state index contributed by atoms with van der Waals surface area (Å²) in [5.74, 6) is -1.22. The molecule has 0 radical (unpaired) electrons. The van der Waals surface area contributed by atoms with Crippen LogP contribution in [0.2, 0.25) is 0 Å². The van der Waals surface area contributed by atoms with Crippen LogP contribution in [-0.2, 0) is 14.2 Å². The third kappa shape index (κ3) is 4.45. The molecular formula is C12H20O4. The monoisotopic (exact) mass is 228 g/mol. The van der Waals surface area contributed by atoms with Gasteiger partial charge >= 0.3 is 0 Å². The second-order valence-electron chi connectivity index (χ2n) is 3.49. The lowest BCUT2D eigenvalue weighted by atomic mass is 10.1. The average Bonchev–Trinajstić information content (AvgIpc) is 2.28. The van der Waals surface area contributed by atoms with Gasteiger partial charge in [0.2, 0.25) is 0 Å². The van der Waals surface area contributed by atoms with Crippen LogP contribution in [-0.4, -0.2) is 37.0 Å². The van der Waals surface area contributed by atoms with E-state index in [1.807, 2.05) is 26.0 Å². The molecule has 0 aliphatic heterocycles. The number of allylic oxidation sites excluding steroid dienone is 2. The van der Waals surface area contributed by atoms with E-state index in [1.165, 1.54) is 0 Å². The lowest BCUT2D eigenvalue weighted by Crippen LogP contribution is -2.35. The van der Waals surface area contributed by atoms with Gasteiger partial charge in [0, 0.05) is 19.6 Å². The summed E-state index contributed by atoms with van der Waals surface area (Å²) in [5, 5.41) is 9.99. The summed E-state index contributed by atoms with van der Waals surface area (Å²) in [6.07, 6.45) is 7.16. The molecule has 1 aliphatic rings. The molecule has 0 heterocycles. The predicted octanol–water partition coefficient (Wildman–Crippen LogP) is 1.61. The van der Waals surface area contributed by atoms with Crippen molar-refractivity contribution in [1.82, 2.24) is 0 Å². The molecule has 1 atom stereocenters. The van der Waals surface area contributed by atoms with Gasteiger partial charge in [-0.05, 0) is 19.9 Å². The van der Waals surface area contributed by atoms with Crippen molar-refractivity contribution in [2.24, 2.45) is 0 Å². The molecular weight excluding hydrogens is 208 g/mol. The lowest BCUT2D eigenvalue weighted by Gasteiger charge is -2.27. The molecule has 0 aromatic rings. The van der Waals surface area contributed by atoms with E-state index in [9.17, 15) is 5.11 Å². The van der Waals surface area contributed by atoms with Gasteiger partial charge in [-0.25, -0.2) is 0 Å². The van der Waals surface area contributed by atoms with Crippen LogP contribution in [0.4, 0.5) is 0 Å². The molecule has 0 spiro atoms. The van der Waals surface area contributed by atoms with Crippen LogP contribution in [0.5, 0.6) is 0 Å². The van der Waals surface area contributed by atoms with Gasteiger partial charge in [-0.3, -0.25) is 0 Å². The first-order chi connectivity index (χ1) is 7.70. The highest BCUT2D eigenvalue weighted by Crippen LogP contribution is 2.19. The van der Waals surface area contributed by atoms with Crippen molar-refractivity contribution < 1.29 is 19.3 Å². The second-order valence-corrected chi connectivity index (χ2v) is 3.49. The minimum Gasteiger partial charge on any atom is -0.362 e. The van der Waals surface area contributed by atoms with Crippen molar-refractivity contribution in [2.45, 2.75) is 32.3 Å². The molecule has 16 heavy (non-hydrogen) atoms. The van der Waals surface area contributed by atoms with E-state index in [4.69, 9.17) is 14.2 Å². The Kier molecular flexibility index (Phi) is 5.69. The topological polar surface area (TPSA) is 47.9 Å². The fraction of sp³-hybridized carbons (Fsp3) is 0.667. The van der Waals surface area contributed by atoms with E-state index in [1.54, 1.807) is 12.2 Å². The van der Waals surface area contributed by atoms with Gasteiger partial charge in [0.15, 0.2) is 12.1 Å². The number of ether oxygens (including phenoxy) is 3. The smallest absolute Gasteiger partial charge is 0.189 e. The van der Waals surface area contributed by atoms with Gasteiger partial charge < -0.3 is 19.3 Å². The Balaban J connectivity index is 2.35. The molecule has 1 N–H and O–H groups in total. The molecule has 4 nitrogen and oxygen atoms in total. The normalized spacial score (nSPS) is 24.2. The molecule has 1 aliphatic carbocycles. The van der Waals surface area contributed by atoms with E-state index in [0.717, 1.165) is 0 Å². The summed E-state index contributed by atoms with van der Waals surface area (Å²) in [5.41, 5.74) is 0. The molecule has 1 rings (SSSR count). The zero-order chi connectivity index (χ0) is 11.9. The summed E-state index contributed by atoms with van der Waals surface area (Å²) in [6, 6.07) is 0. The van der Waals surface area contributed by atoms with Crippen LogP contribution < -0.4 is 0 Å². The Bertz CT molecular complexity index is 243. The first-order valence-electron chi connectivity index (χ1n) is 5.64. The van der Waals surface area contributed by atoms with Crippen molar-refractivity contribution in [3.8, 4) is 0 Å². The molecule has 0 saturated carbocycles. The summed E-state index contributed by atoms with van der Waals surface area (Å²) >= 11 is 0. The highest BCUT2D eigenvalue weighted by atomic mass is 16.7. The SMILES string of the molecule is CCOC(COC1(O)C=CC=CC1)OCC. The molecule has 0 fully saturated rings. The third-order valence-corrected chi connectivity index (χ3v) is 2.19. The number of rotatable bonds is 7. The van der Waals surface area contributed by atoms with Gasteiger partial charge in [-0.1, -0.05) is 18.2 Å². The van der Waals surface area contributed by atoms with Gasteiger partial charge in [0.25, 0.3) is 0 Å². The quantitative estimate of drug-likeness (QED) is 0.672. The number of aliphatic hydroxyl groups is 1. The molecule has 1 unspecified atom stereocenters. The molecule has 4 heteroatoms. The molecule has 0 aromatic heterocycles. The largest absolute Gasteiger partial charge is 0.362 e. The van der Waals surface area contributed by atoms with Gasteiger partial charge in [-0.15, -0.1) is 0 Å². The first-order valence-corrected chi connectivity index (χ1v) is 5.64. The molecule has 0 bridgehead atoms. The first kappa shape index (κ1) is 13.4. The maximum atomic E-state index is 9.99. The Hall–Kier alpha value is -0.680. The van der Waals surface area contributed by atoms with Crippen LogP contribution in [0.15, 0.2) is 24.3 Å². The minimum absolute atomic E-state index is 0.219. The summed E-state index contributed by atoms with van der Waals surface area (Å²) in [6.45, 7) is 5.12. The van der Waals surface area contributed by atoms with Crippen molar-refractivity contribution in [1.29, 1.82) is 0 Å². The van der Waals surface area contributed by atoms with Crippen molar-refractivity contribution in [3.63, 3.8) is 0 Å². The lowest BCUT2D eigenvalue weighted by molar-refractivity contribution is -0.231. The van der Waals surface area contributed by atoms with Gasteiger partial charge in [0.1, 0.15) is 6.61 Å². The van der Waals surface area contributed by atoms with Crippen LogP contribution >= 0.6 is 0 Å². The van der Waals surface area contributed by atoms with Crippen LogP contribution in [0.25, 0.3) is 0 Å². The van der Waals surface area contributed by atoms with Crippen molar-refractivity contribution in [3.05, 3.63) is 24.3 Å². The van der Waals surface area contributed by atoms with Crippen molar-refractivity contribution in [2.75, 3.05) is 19.8 Å². The van der Waals surface area contributed by atoms with E-state index >= 15 is 0 Å². The van der Waals surface area contributed by atoms with E-state index in [2.05, 4.69) is 0 Å². The number of hydrogen-bond acceptors (Lipinski definition) is 4. The maximum Gasteiger partial charge on any atom is 0.189 e. The Morgan fingerprint density at radius 2 is 1.94 bits per heavy atom. The Labute approximate surface area is 96.5 Å². The summed E-state index contributed by atoms with van der Waals surface area (Å²) < 4.78 is 16.0. The summed E-state index contributed by atoms with van der Waals surface area (Å²) in [7, 11) is 0. The van der Waals surface area contributed by atoms with E-state index in [-0.39, 0.29) is 6.61 Å². The molecule has 0 aromatic carbocycles.